The molecule has 0 saturated carbocycles. The zero-order valence-corrected chi connectivity index (χ0v) is 15.6. The second kappa shape index (κ2) is 8.00. The van der Waals surface area contributed by atoms with Crippen molar-refractivity contribution >= 4 is 23.4 Å². The predicted octanol–water partition coefficient (Wildman–Crippen LogP) is 3.76. The van der Waals surface area contributed by atoms with Crippen LogP contribution >= 0.6 is 11.6 Å². The highest BCUT2D eigenvalue weighted by Gasteiger charge is 2.32. The van der Waals surface area contributed by atoms with Gasteiger partial charge in [0.05, 0.1) is 19.3 Å². The van der Waals surface area contributed by atoms with Gasteiger partial charge in [-0.3, -0.25) is 4.98 Å². The Morgan fingerprint density at radius 1 is 1.18 bits per heavy atom. The molecule has 1 aliphatic heterocycles. The quantitative estimate of drug-likeness (QED) is 0.651. The highest BCUT2D eigenvalue weighted by atomic mass is 35.5. The van der Waals surface area contributed by atoms with Gasteiger partial charge in [0.1, 0.15) is 0 Å². The van der Waals surface area contributed by atoms with E-state index in [0.29, 0.717) is 23.8 Å². The van der Waals surface area contributed by atoms with Crippen molar-refractivity contribution in [3.8, 4) is 11.3 Å². The normalized spacial score (nSPS) is 18.9. The SMILES string of the molecule is O=C(O)c1c(N[C@H]2COC[C@H]2Cc2ccncc2)noc1-c1ccc(Cl)cc1. The molecule has 2 atom stereocenters. The summed E-state index contributed by atoms with van der Waals surface area (Å²) in [6.07, 6.45) is 4.31. The fourth-order valence-electron chi connectivity index (χ4n) is 3.34. The average molecular weight is 400 g/mol. The lowest BCUT2D eigenvalue weighted by atomic mass is 9.95. The molecule has 2 N–H and O–H groups in total. The topological polar surface area (TPSA) is 97.5 Å². The maximum atomic E-state index is 11.9. The van der Waals surface area contributed by atoms with Crippen LogP contribution in [0, 0.1) is 5.92 Å². The van der Waals surface area contributed by atoms with Crippen LogP contribution in [0.1, 0.15) is 15.9 Å². The summed E-state index contributed by atoms with van der Waals surface area (Å²) in [5.41, 5.74) is 1.74. The van der Waals surface area contributed by atoms with Crippen molar-refractivity contribution in [2.45, 2.75) is 12.5 Å². The molecule has 0 spiro atoms. The molecule has 1 saturated heterocycles. The Kier molecular flexibility index (Phi) is 5.27. The van der Waals surface area contributed by atoms with Crippen molar-refractivity contribution in [3.05, 3.63) is 64.9 Å². The van der Waals surface area contributed by atoms with Crippen molar-refractivity contribution in [2.24, 2.45) is 5.92 Å². The molecule has 0 unspecified atom stereocenters. The third-order valence-electron chi connectivity index (χ3n) is 4.78. The summed E-state index contributed by atoms with van der Waals surface area (Å²) in [7, 11) is 0. The molecule has 0 amide bonds. The summed E-state index contributed by atoms with van der Waals surface area (Å²) in [6, 6.07) is 10.6. The molecule has 0 bridgehead atoms. The molecule has 2 aromatic heterocycles. The molecule has 0 radical (unpaired) electrons. The molecular formula is C20H18ClN3O4. The lowest BCUT2D eigenvalue weighted by Gasteiger charge is -2.19. The van der Waals surface area contributed by atoms with Gasteiger partial charge in [-0.25, -0.2) is 4.79 Å². The average Bonchev–Trinajstić information content (AvgIpc) is 3.31. The number of aromatic nitrogens is 2. The number of carboxylic acids is 1. The Hall–Kier alpha value is -2.90. The van der Waals surface area contributed by atoms with Crippen LogP contribution in [-0.4, -0.2) is 40.5 Å². The molecule has 3 aromatic rings. The molecule has 28 heavy (non-hydrogen) atoms. The van der Waals surface area contributed by atoms with Crippen LogP contribution in [0.5, 0.6) is 0 Å². The number of hydrogen-bond acceptors (Lipinski definition) is 6. The van der Waals surface area contributed by atoms with E-state index in [1.165, 1.54) is 0 Å². The van der Waals surface area contributed by atoms with E-state index in [1.807, 2.05) is 12.1 Å². The second-order valence-corrected chi connectivity index (χ2v) is 7.09. The van der Waals surface area contributed by atoms with Crippen LogP contribution < -0.4 is 5.32 Å². The van der Waals surface area contributed by atoms with E-state index in [2.05, 4.69) is 15.5 Å². The molecular weight excluding hydrogens is 382 g/mol. The van der Waals surface area contributed by atoms with E-state index in [1.54, 1.807) is 36.7 Å². The fourth-order valence-corrected chi connectivity index (χ4v) is 3.47. The van der Waals surface area contributed by atoms with Crippen LogP contribution in [0.4, 0.5) is 5.82 Å². The summed E-state index contributed by atoms with van der Waals surface area (Å²) in [6.45, 7) is 1.06. The zero-order chi connectivity index (χ0) is 19.5. The Balaban J connectivity index is 1.57. The molecule has 1 aliphatic rings. The minimum atomic E-state index is -1.11. The number of carbonyl (C=O) groups is 1. The van der Waals surface area contributed by atoms with Gasteiger partial charge in [-0.1, -0.05) is 16.8 Å². The Morgan fingerprint density at radius 2 is 1.93 bits per heavy atom. The molecule has 8 heteroatoms. The third kappa shape index (κ3) is 3.85. The molecule has 7 nitrogen and oxygen atoms in total. The number of hydrogen-bond donors (Lipinski definition) is 2. The third-order valence-corrected chi connectivity index (χ3v) is 5.03. The van der Waals surface area contributed by atoms with Gasteiger partial charge in [0.2, 0.25) is 0 Å². The predicted molar refractivity (Wildman–Crippen MR) is 104 cm³/mol. The van der Waals surface area contributed by atoms with Crippen LogP contribution in [0.2, 0.25) is 5.02 Å². The minimum absolute atomic E-state index is 0.00289. The standard InChI is InChI=1S/C20H18ClN3O4/c21-15-3-1-13(2-4-15)18-17(20(25)26)19(24-28-18)23-16-11-27-10-14(16)9-12-5-7-22-8-6-12/h1-8,14,16H,9-11H2,(H,23,24)(H,25,26)/t14-,16+/m1/s1. The number of pyridine rings is 1. The summed E-state index contributed by atoms with van der Waals surface area (Å²) in [4.78, 5) is 15.9. The van der Waals surface area contributed by atoms with Crippen molar-refractivity contribution in [1.29, 1.82) is 0 Å². The molecule has 1 fully saturated rings. The first-order valence-electron chi connectivity index (χ1n) is 8.84. The van der Waals surface area contributed by atoms with Gasteiger partial charge in [0, 0.05) is 28.9 Å². The number of aromatic carboxylic acids is 1. The first kappa shape index (κ1) is 18.5. The van der Waals surface area contributed by atoms with Gasteiger partial charge in [0.25, 0.3) is 0 Å². The highest BCUT2D eigenvalue weighted by Crippen LogP contribution is 2.32. The van der Waals surface area contributed by atoms with Crippen LogP contribution in [-0.2, 0) is 11.2 Å². The second-order valence-electron chi connectivity index (χ2n) is 6.66. The fraction of sp³-hybridized carbons (Fsp3) is 0.250. The molecule has 144 valence electrons. The van der Waals surface area contributed by atoms with Crippen molar-refractivity contribution in [1.82, 2.24) is 10.1 Å². The van der Waals surface area contributed by atoms with Crippen molar-refractivity contribution < 1.29 is 19.2 Å². The Morgan fingerprint density at radius 3 is 2.64 bits per heavy atom. The number of rotatable bonds is 6. The molecule has 3 heterocycles. The lowest BCUT2D eigenvalue weighted by Crippen LogP contribution is -2.30. The van der Waals surface area contributed by atoms with Crippen molar-refractivity contribution in [3.63, 3.8) is 0 Å². The lowest BCUT2D eigenvalue weighted by molar-refractivity contribution is 0.0698. The zero-order valence-electron chi connectivity index (χ0n) is 14.8. The summed E-state index contributed by atoms with van der Waals surface area (Å²) >= 11 is 5.91. The number of benzene rings is 1. The Bertz CT molecular complexity index is 959. The van der Waals surface area contributed by atoms with Crippen LogP contribution in [0.3, 0.4) is 0 Å². The first-order chi connectivity index (χ1) is 13.6. The summed E-state index contributed by atoms with van der Waals surface area (Å²) in [5.74, 6) is -0.540. The number of halogens is 1. The smallest absolute Gasteiger partial charge is 0.343 e. The van der Waals surface area contributed by atoms with E-state index < -0.39 is 5.97 Å². The van der Waals surface area contributed by atoms with Gasteiger partial charge in [-0.15, -0.1) is 0 Å². The molecule has 4 rings (SSSR count). The van der Waals surface area contributed by atoms with E-state index in [-0.39, 0.29) is 29.1 Å². The van der Waals surface area contributed by atoms with E-state index in [0.717, 1.165) is 12.0 Å². The molecule has 0 aliphatic carbocycles. The monoisotopic (exact) mass is 399 g/mol. The number of nitrogens with one attached hydrogen (secondary N) is 1. The number of carboxylic acid groups (broad SMARTS) is 1. The minimum Gasteiger partial charge on any atom is -0.477 e. The number of anilines is 1. The number of ether oxygens (including phenoxy) is 1. The number of nitrogens with zero attached hydrogens (tertiary/aromatic N) is 2. The van der Waals surface area contributed by atoms with E-state index >= 15 is 0 Å². The van der Waals surface area contributed by atoms with Gasteiger partial charge < -0.3 is 19.7 Å². The van der Waals surface area contributed by atoms with Gasteiger partial charge >= 0.3 is 5.97 Å². The van der Waals surface area contributed by atoms with Crippen molar-refractivity contribution in [2.75, 3.05) is 18.5 Å². The maximum Gasteiger partial charge on any atom is 0.343 e. The summed E-state index contributed by atoms with van der Waals surface area (Å²) < 4.78 is 11.0. The summed E-state index contributed by atoms with van der Waals surface area (Å²) in [5, 5.41) is 17.5. The van der Waals surface area contributed by atoms with Crippen LogP contribution in [0.25, 0.3) is 11.3 Å². The Labute approximate surface area is 166 Å². The maximum absolute atomic E-state index is 11.9. The van der Waals surface area contributed by atoms with Gasteiger partial charge in [-0.2, -0.15) is 0 Å². The van der Waals surface area contributed by atoms with Crippen LogP contribution in [0.15, 0.2) is 53.3 Å². The van der Waals surface area contributed by atoms with Gasteiger partial charge in [0.15, 0.2) is 17.1 Å². The van der Waals surface area contributed by atoms with Gasteiger partial charge in [-0.05, 0) is 48.4 Å². The highest BCUT2D eigenvalue weighted by molar-refractivity contribution is 6.30. The largest absolute Gasteiger partial charge is 0.477 e. The van der Waals surface area contributed by atoms with E-state index in [4.69, 9.17) is 20.9 Å². The molecule has 1 aromatic carbocycles. The van der Waals surface area contributed by atoms with E-state index in [9.17, 15) is 9.90 Å². The first-order valence-corrected chi connectivity index (χ1v) is 9.21.